The number of hydrogen-bond donors (Lipinski definition) is 0. The molecule has 122 valence electrons. The molecule has 1 fully saturated rings. The van der Waals surface area contributed by atoms with Crippen LogP contribution in [0.4, 0.5) is 0 Å². The second kappa shape index (κ2) is 7.19. The Kier molecular flexibility index (Phi) is 5.03. The molecule has 23 heavy (non-hydrogen) atoms. The highest BCUT2D eigenvalue weighted by Crippen LogP contribution is 2.28. The first-order valence-corrected chi connectivity index (χ1v) is 8.86. The van der Waals surface area contributed by atoms with E-state index in [0.717, 1.165) is 53.9 Å². The van der Waals surface area contributed by atoms with E-state index in [1.165, 1.54) is 0 Å². The number of hydrogen-bond acceptors (Lipinski definition) is 5. The molecule has 0 aromatic carbocycles. The first-order chi connectivity index (χ1) is 11.2. The maximum Gasteiger partial charge on any atom is 0.227 e. The van der Waals surface area contributed by atoms with Crippen LogP contribution in [0.25, 0.3) is 10.6 Å². The van der Waals surface area contributed by atoms with Crippen molar-refractivity contribution in [1.29, 1.82) is 0 Å². The molecule has 6 heteroatoms. The summed E-state index contributed by atoms with van der Waals surface area (Å²) in [5.74, 6) is 0.216. The fourth-order valence-electron chi connectivity index (χ4n) is 2.77. The molecule has 0 bridgehead atoms. The third-order valence-electron chi connectivity index (χ3n) is 4.30. The van der Waals surface area contributed by atoms with Crippen molar-refractivity contribution in [3.05, 3.63) is 35.1 Å². The highest BCUT2D eigenvalue weighted by atomic mass is 32.1. The quantitative estimate of drug-likeness (QED) is 0.862. The van der Waals surface area contributed by atoms with Crippen LogP contribution in [-0.4, -0.2) is 58.4 Å². The minimum absolute atomic E-state index is 0.216. The number of carbonyl (C=O) groups is 1. The Hall–Kier alpha value is -1.79. The number of thiazole rings is 1. The van der Waals surface area contributed by atoms with Crippen LogP contribution in [0, 0.1) is 6.92 Å². The molecule has 2 aromatic rings. The Balaban J connectivity index is 1.66. The average molecular weight is 330 g/mol. The van der Waals surface area contributed by atoms with E-state index in [9.17, 15) is 4.79 Å². The van der Waals surface area contributed by atoms with Crippen molar-refractivity contribution in [2.45, 2.75) is 20.3 Å². The van der Waals surface area contributed by atoms with E-state index >= 15 is 0 Å². The summed E-state index contributed by atoms with van der Waals surface area (Å²) >= 11 is 1.61. The first kappa shape index (κ1) is 16.1. The molecule has 1 amide bonds. The van der Waals surface area contributed by atoms with Crippen LogP contribution in [0.3, 0.4) is 0 Å². The van der Waals surface area contributed by atoms with Crippen molar-refractivity contribution >= 4 is 17.2 Å². The van der Waals surface area contributed by atoms with Crippen LogP contribution < -0.4 is 0 Å². The normalized spacial score (nSPS) is 15.8. The molecule has 1 aliphatic heterocycles. The fraction of sp³-hybridized carbons (Fsp3) is 0.471. The van der Waals surface area contributed by atoms with Crippen molar-refractivity contribution in [3.63, 3.8) is 0 Å². The summed E-state index contributed by atoms with van der Waals surface area (Å²) in [7, 11) is 0. The monoisotopic (exact) mass is 330 g/mol. The van der Waals surface area contributed by atoms with E-state index in [2.05, 4.69) is 21.8 Å². The van der Waals surface area contributed by atoms with Gasteiger partial charge in [-0.3, -0.25) is 9.78 Å². The minimum atomic E-state index is 0.216. The number of aryl methyl sites for hydroxylation is 1. The van der Waals surface area contributed by atoms with Crippen LogP contribution in [-0.2, 0) is 11.2 Å². The Morgan fingerprint density at radius 1 is 1.22 bits per heavy atom. The van der Waals surface area contributed by atoms with Crippen molar-refractivity contribution in [2.75, 3.05) is 32.7 Å². The summed E-state index contributed by atoms with van der Waals surface area (Å²) in [6, 6.07) is 3.90. The van der Waals surface area contributed by atoms with Gasteiger partial charge in [-0.2, -0.15) is 0 Å². The van der Waals surface area contributed by atoms with Gasteiger partial charge in [-0.15, -0.1) is 11.3 Å². The maximum absolute atomic E-state index is 12.5. The van der Waals surface area contributed by atoms with Crippen LogP contribution in [0.2, 0.25) is 0 Å². The van der Waals surface area contributed by atoms with Gasteiger partial charge in [0.1, 0.15) is 5.01 Å². The summed E-state index contributed by atoms with van der Waals surface area (Å²) in [5, 5.41) is 0.962. The number of amides is 1. The zero-order chi connectivity index (χ0) is 16.2. The summed E-state index contributed by atoms with van der Waals surface area (Å²) < 4.78 is 0. The molecule has 0 saturated carbocycles. The Morgan fingerprint density at radius 2 is 1.91 bits per heavy atom. The third-order valence-corrected chi connectivity index (χ3v) is 5.51. The van der Waals surface area contributed by atoms with E-state index < -0.39 is 0 Å². The summed E-state index contributed by atoms with van der Waals surface area (Å²) in [4.78, 5) is 26.6. The zero-order valence-corrected chi connectivity index (χ0v) is 14.5. The summed E-state index contributed by atoms with van der Waals surface area (Å²) in [5.41, 5.74) is 2.02. The van der Waals surface area contributed by atoms with Crippen molar-refractivity contribution in [2.24, 2.45) is 0 Å². The van der Waals surface area contributed by atoms with Gasteiger partial charge in [0.15, 0.2) is 0 Å². The van der Waals surface area contributed by atoms with Gasteiger partial charge in [0.2, 0.25) is 5.91 Å². The molecule has 0 spiro atoms. The van der Waals surface area contributed by atoms with Crippen LogP contribution >= 0.6 is 11.3 Å². The number of piperazine rings is 1. The lowest BCUT2D eigenvalue weighted by Crippen LogP contribution is -2.48. The van der Waals surface area contributed by atoms with E-state index in [1.807, 2.05) is 24.0 Å². The van der Waals surface area contributed by atoms with Gasteiger partial charge in [-0.1, -0.05) is 6.92 Å². The second-order valence-corrected chi connectivity index (χ2v) is 6.84. The molecule has 2 aromatic heterocycles. The van der Waals surface area contributed by atoms with Gasteiger partial charge in [0.05, 0.1) is 12.1 Å². The zero-order valence-electron chi connectivity index (χ0n) is 13.7. The van der Waals surface area contributed by atoms with Crippen molar-refractivity contribution < 1.29 is 4.79 Å². The molecule has 0 aliphatic carbocycles. The number of nitrogens with zero attached hydrogens (tertiary/aromatic N) is 4. The molecule has 1 saturated heterocycles. The smallest absolute Gasteiger partial charge is 0.227 e. The molecule has 1 aliphatic rings. The predicted octanol–water partition coefficient (Wildman–Crippen LogP) is 2.22. The van der Waals surface area contributed by atoms with Gasteiger partial charge < -0.3 is 9.80 Å². The van der Waals surface area contributed by atoms with Gasteiger partial charge >= 0.3 is 0 Å². The minimum Gasteiger partial charge on any atom is -0.340 e. The largest absolute Gasteiger partial charge is 0.340 e. The second-order valence-electron chi connectivity index (χ2n) is 5.76. The Morgan fingerprint density at radius 3 is 2.57 bits per heavy atom. The third kappa shape index (κ3) is 3.76. The number of likely N-dealkylation sites (N-methyl/N-ethyl adjacent to an activating group) is 1. The Labute approximate surface area is 141 Å². The van der Waals surface area contributed by atoms with Crippen LogP contribution in [0.15, 0.2) is 24.5 Å². The van der Waals surface area contributed by atoms with Gasteiger partial charge in [0.25, 0.3) is 0 Å². The van der Waals surface area contributed by atoms with E-state index in [1.54, 1.807) is 23.7 Å². The van der Waals surface area contributed by atoms with E-state index in [-0.39, 0.29) is 5.91 Å². The topological polar surface area (TPSA) is 49.3 Å². The van der Waals surface area contributed by atoms with E-state index in [0.29, 0.717) is 6.42 Å². The molecule has 3 rings (SSSR count). The van der Waals surface area contributed by atoms with Gasteiger partial charge in [-0.05, 0) is 25.6 Å². The average Bonchev–Trinajstić information content (AvgIpc) is 2.96. The predicted molar refractivity (Wildman–Crippen MR) is 92.5 cm³/mol. The number of carbonyl (C=O) groups excluding carboxylic acids is 1. The summed E-state index contributed by atoms with van der Waals surface area (Å²) in [6.07, 6.45) is 3.99. The SMILES string of the molecule is CCN1CCN(C(=O)Cc2sc(-c3ccncc3)nc2C)CC1. The number of aromatic nitrogens is 2. The lowest BCUT2D eigenvalue weighted by Gasteiger charge is -2.34. The number of pyridine rings is 1. The number of rotatable bonds is 4. The van der Waals surface area contributed by atoms with Gasteiger partial charge in [-0.25, -0.2) is 4.98 Å². The van der Waals surface area contributed by atoms with Crippen molar-refractivity contribution in [3.8, 4) is 10.6 Å². The van der Waals surface area contributed by atoms with E-state index in [4.69, 9.17) is 0 Å². The van der Waals surface area contributed by atoms with Gasteiger partial charge in [0, 0.05) is 49.0 Å². The lowest BCUT2D eigenvalue weighted by molar-refractivity contribution is -0.132. The summed E-state index contributed by atoms with van der Waals surface area (Å²) in [6.45, 7) is 8.84. The fourth-order valence-corrected chi connectivity index (χ4v) is 3.83. The first-order valence-electron chi connectivity index (χ1n) is 8.04. The Bertz CT molecular complexity index is 662. The molecule has 5 nitrogen and oxygen atoms in total. The van der Waals surface area contributed by atoms with Crippen LogP contribution in [0.1, 0.15) is 17.5 Å². The molecular formula is C17H22N4OS. The highest BCUT2D eigenvalue weighted by Gasteiger charge is 2.22. The van der Waals surface area contributed by atoms with Crippen LogP contribution in [0.5, 0.6) is 0 Å². The standard InChI is InChI=1S/C17H22N4OS/c1-3-20-8-10-21(11-9-20)16(22)12-15-13(2)19-17(23-15)14-4-6-18-7-5-14/h4-7H,3,8-12H2,1-2H3. The maximum atomic E-state index is 12.5. The lowest BCUT2D eigenvalue weighted by atomic mass is 10.2. The van der Waals surface area contributed by atoms with Crippen molar-refractivity contribution in [1.82, 2.24) is 19.8 Å². The molecule has 0 unspecified atom stereocenters. The molecule has 0 radical (unpaired) electrons. The molecule has 0 N–H and O–H groups in total. The molecule has 0 atom stereocenters. The highest BCUT2D eigenvalue weighted by molar-refractivity contribution is 7.15. The molecule has 3 heterocycles. The molecular weight excluding hydrogens is 308 g/mol.